The molecule has 2 aromatic rings. The van der Waals surface area contributed by atoms with Crippen molar-refractivity contribution >= 4 is 5.91 Å². The number of hydrogen-bond donors (Lipinski definition) is 1. The predicted molar refractivity (Wildman–Crippen MR) is 96.4 cm³/mol. The van der Waals surface area contributed by atoms with E-state index in [2.05, 4.69) is 15.3 Å². The first-order valence-corrected chi connectivity index (χ1v) is 8.94. The number of ether oxygens (including phenoxy) is 1. The minimum atomic E-state index is -0.414. The zero-order valence-corrected chi connectivity index (χ0v) is 15.0. The average Bonchev–Trinajstić information content (AvgIpc) is 2.67. The maximum atomic E-state index is 12.0. The van der Waals surface area contributed by atoms with E-state index < -0.39 is 5.60 Å². The number of nitrogens with one attached hydrogen (secondary N) is 1. The van der Waals surface area contributed by atoms with Gasteiger partial charge in [-0.15, -0.1) is 0 Å². The van der Waals surface area contributed by atoms with Crippen molar-refractivity contribution in [2.75, 3.05) is 6.61 Å². The van der Waals surface area contributed by atoms with Crippen LogP contribution >= 0.6 is 0 Å². The van der Waals surface area contributed by atoms with Gasteiger partial charge in [0.1, 0.15) is 5.60 Å². The Balaban J connectivity index is 1.49. The number of amides is 1. The van der Waals surface area contributed by atoms with Crippen LogP contribution in [0.4, 0.5) is 0 Å². The molecule has 1 fully saturated rings. The highest BCUT2D eigenvalue weighted by atomic mass is 16.5. The minimum absolute atomic E-state index is 0.109. The largest absolute Gasteiger partial charge is 0.367 e. The van der Waals surface area contributed by atoms with Crippen molar-refractivity contribution in [3.8, 4) is 0 Å². The van der Waals surface area contributed by atoms with Crippen LogP contribution in [0.5, 0.6) is 0 Å². The Morgan fingerprint density at radius 3 is 2.81 bits per heavy atom. The number of carbonyl (C=O) groups is 1. The molecule has 1 N–H and O–H groups in total. The molecular weight excluding hydrogens is 332 g/mol. The van der Waals surface area contributed by atoms with Crippen molar-refractivity contribution in [3.05, 3.63) is 58.5 Å². The van der Waals surface area contributed by atoms with Gasteiger partial charge in [-0.1, -0.05) is 6.07 Å². The van der Waals surface area contributed by atoms with Gasteiger partial charge in [0.25, 0.3) is 5.56 Å². The van der Waals surface area contributed by atoms with Gasteiger partial charge >= 0.3 is 0 Å². The first kappa shape index (κ1) is 18.3. The Hall–Kier alpha value is -2.54. The summed E-state index contributed by atoms with van der Waals surface area (Å²) in [6, 6.07) is 4.93. The summed E-state index contributed by atoms with van der Waals surface area (Å²) in [5.74, 6) is 0.572. The first-order chi connectivity index (χ1) is 12.6. The number of hydrogen-bond acceptors (Lipinski definition) is 5. The summed E-state index contributed by atoms with van der Waals surface area (Å²) in [6.07, 6.45) is 8.49. The van der Waals surface area contributed by atoms with Gasteiger partial charge in [-0.05, 0) is 32.3 Å². The van der Waals surface area contributed by atoms with Crippen molar-refractivity contribution < 1.29 is 9.53 Å². The molecule has 2 aromatic heterocycles. The van der Waals surface area contributed by atoms with Crippen LogP contribution < -0.4 is 10.9 Å². The van der Waals surface area contributed by atoms with E-state index in [9.17, 15) is 9.59 Å². The summed E-state index contributed by atoms with van der Waals surface area (Å²) in [7, 11) is 0. The lowest BCUT2D eigenvalue weighted by atomic mass is 9.95. The van der Waals surface area contributed by atoms with E-state index in [4.69, 9.17) is 4.74 Å². The number of aryl methyl sites for hydroxylation is 1. The number of nitrogens with zero attached hydrogens (tertiary/aromatic N) is 3. The normalized spacial score (nSPS) is 19.9. The van der Waals surface area contributed by atoms with Crippen LogP contribution in [0, 0.1) is 0 Å². The van der Waals surface area contributed by atoms with Gasteiger partial charge in [0.15, 0.2) is 5.82 Å². The van der Waals surface area contributed by atoms with Crippen LogP contribution in [0.2, 0.25) is 0 Å². The molecule has 0 aliphatic carbocycles. The van der Waals surface area contributed by atoms with Gasteiger partial charge in [0.05, 0.1) is 0 Å². The van der Waals surface area contributed by atoms with E-state index in [0.717, 1.165) is 31.4 Å². The second-order valence-electron chi connectivity index (χ2n) is 6.71. The smallest absolute Gasteiger partial charge is 0.250 e. The minimum Gasteiger partial charge on any atom is -0.367 e. The summed E-state index contributed by atoms with van der Waals surface area (Å²) in [5, 5.41) is 2.83. The summed E-state index contributed by atoms with van der Waals surface area (Å²) < 4.78 is 7.37. The molecule has 0 saturated carbocycles. The van der Waals surface area contributed by atoms with Crippen molar-refractivity contribution in [1.82, 2.24) is 19.9 Å². The molecule has 1 atom stereocenters. The number of aromatic nitrogens is 3. The highest BCUT2D eigenvalue weighted by molar-refractivity contribution is 5.75. The van der Waals surface area contributed by atoms with Crippen LogP contribution in [0.25, 0.3) is 0 Å². The first-order valence-electron chi connectivity index (χ1n) is 8.94. The van der Waals surface area contributed by atoms with E-state index >= 15 is 0 Å². The lowest BCUT2D eigenvalue weighted by molar-refractivity contribution is -0.121. The second kappa shape index (κ2) is 8.23. The van der Waals surface area contributed by atoms with E-state index in [0.29, 0.717) is 18.9 Å². The molecule has 0 radical (unpaired) electrons. The third-order valence-electron chi connectivity index (χ3n) is 4.62. The van der Waals surface area contributed by atoms with E-state index in [-0.39, 0.29) is 17.9 Å². The van der Waals surface area contributed by atoms with Gasteiger partial charge in [0, 0.05) is 56.3 Å². The molecular formula is C19H24N4O3. The number of carbonyl (C=O) groups excluding carboxylic acids is 1. The SMILES string of the molecule is C[C@@]1(c2ncc(CNC(=O)CCn3ccccc3=O)cn2)CCCCO1. The Bertz CT molecular complexity index is 795. The monoisotopic (exact) mass is 356 g/mol. The van der Waals surface area contributed by atoms with Crippen LogP contribution in [0.3, 0.4) is 0 Å². The second-order valence-corrected chi connectivity index (χ2v) is 6.71. The maximum Gasteiger partial charge on any atom is 0.250 e. The summed E-state index contributed by atoms with van der Waals surface area (Å²) >= 11 is 0. The molecule has 0 spiro atoms. The molecule has 0 aromatic carbocycles. The van der Waals surface area contributed by atoms with Crippen molar-refractivity contribution in [2.45, 2.75) is 51.3 Å². The highest BCUT2D eigenvalue weighted by Gasteiger charge is 2.32. The molecule has 1 aliphatic rings. The number of pyridine rings is 1. The Labute approximate surface area is 152 Å². The van der Waals surface area contributed by atoms with Gasteiger partial charge in [-0.2, -0.15) is 0 Å². The van der Waals surface area contributed by atoms with Crippen molar-refractivity contribution in [3.63, 3.8) is 0 Å². The maximum absolute atomic E-state index is 12.0. The summed E-state index contributed by atoms with van der Waals surface area (Å²) in [4.78, 5) is 32.4. The van der Waals surface area contributed by atoms with Crippen LogP contribution in [0.15, 0.2) is 41.6 Å². The van der Waals surface area contributed by atoms with E-state index in [1.54, 1.807) is 30.7 Å². The molecule has 1 amide bonds. The zero-order chi connectivity index (χ0) is 18.4. The summed E-state index contributed by atoms with van der Waals surface area (Å²) in [6.45, 7) is 3.48. The molecule has 7 nitrogen and oxygen atoms in total. The molecule has 0 unspecified atom stereocenters. The van der Waals surface area contributed by atoms with Gasteiger partial charge in [-0.3, -0.25) is 9.59 Å². The fourth-order valence-corrected chi connectivity index (χ4v) is 2.99. The lowest BCUT2D eigenvalue weighted by Gasteiger charge is -2.32. The fourth-order valence-electron chi connectivity index (χ4n) is 2.99. The van der Waals surface area contributed by atoms with Crippen LogP contribution in [-0.2, 0) is 28.2 Å². The molecule has 1 aliphatic heterocycles. The third kappa shape index (κ3) is 4.54. The molecule has 3 rings (SSSR count). The molecule has 0 bridgehead atoms. The molecule has 1 saturated heterocycles. The number of rotatable bonds is 6. The van der Waals surface area contributed by atoms with Crippen molar-refractivity contribution in [1.29, 1.82) is 0 Å². The van der Waals surface area contributed by atoms with E-state index in [1.165, 1.54) is 10.6 Å². The molecule has 138 valence electrons. The molecule has 26 heavy (non-hydrogen) atoms. The fraction of sp³-hybridized carbons (Fsp3) is 0.474. The lowest BCUT2D eigenvalue weighted by Crippen LogP contribution is -2.32. The van der Waals surface area contributed by atoms with Crippen molar-refractivity contribution in [2.24, 2.45) is 0 Å². The van der Waals surface area contributed by atoms with E-state index in [1.807, 2.05) is 6.92 Å². The third-order valence-corrected chi connectivity index (χ3v) is 4.62. The van der Waals surface area contributed by atoms with Gasteiger partial charge in [0.2, 0.25) is 5.91 Å². The average molecular weight is 356 g/mol. The molecule has 3 heterocycles. The molecule has 7 heteroatoms. The van der Waals surface area contributed by atoms with Gasteiger partial charge in [-0.25, -0.2) is 9.97 Å². The van der Waals surface area contributed by atoms with Crippen LogP contribution in [-0.4, -0.2) is 27.0 Å². The topological polar surface area (TPSA) is 86.1 Å². The van der Waals surface area contributed by atoms with Crippen LogP contribution in [0.1, 0.15) is 44.0 Å². The Morgan fingerprint density at radius 1 is 1.31 bits per heavy atom. The quantitative estimate of drug-likeness (QED) is 0.852. The Kier molecular flexibility index (Phi) is 5.78. The predicted octanol–water partition coefficient (Wildman–Crippen LogP) is 1.76. The van der Waals surface area contributed by atoms with Gasteiger partial charge < -0.3 is 14.6 Å². The standard InChI is InChI=1S/C19H24N4O3/c1-19(8-3-5-11-26-19)18-21-13-15(14-22-18)12-20-16(24)7-10-23-9-4-2-6-17(23)25/h2,4,6,9,13-14H,3,5,7-8,10-12H2,1H3,(H,20,24)/t19-/m0/s1. The zero-order valence-electron chi connectivity index (χ0n) is 15.0. The highest BCUT2D eigenvalue weighted by Crippen LogP contribution is 2.32. The summed E-state index contributed by atoms with van der Waals surface area (Å²) in [5.41, 5.74) is 0.310. The Morgan fingerprint density at radius 2 is 2.12 bits per heavy atom.